The smallest absolute Gasteiger partial charge is 0.321 e. The maximum absolute atomic E-state index is 12.4. The molecule has 1 N–H and O–H groups in total. The molecule has 7 heteroatoms. The number of ether oxygens (including phenoxy) is 1. The van der Waals surface area contributed by atoms with Gasteiger partial charge >= 0.3 is 6.03 Å². The Balaban J connectivity index is 1.58. The molecule has 0 aromatic heterocycles. The molecule has 2 aromatic rings. The Hall–Kier alpha value is -2.11. The van der Waals surface area contributed by atoms with Crippen molar-refractivity contribution in [1.29, 1.82) is 0 Å². The average molecular weight is 380 g/mol. The summed E-state index contributed by atoms with van der Waals surface area (Å²) in [4.78, 5) is 16.4. The molecule has 0 saturated carbocycles. The topological polar surface area (TPSA) is 44.8 Å². The van der Waals surface area contributed by atoms with Crippen LogP contribution in [0.15, 0.2) is 42.5 Å². The summed E-state index contributed by atoms with van der Waals surface area (Å²) >= 11 is 12.1. The molecular formula is C18H19Cl2N3O2. The molecule has 2 amide bonds. The van der Waals surface area contributed by atoms with Crippen molar-refractivity contribution in [3.8, 4) is 5.75 Å². The third-order valence-corrected chi connectivity index (χ3v) is 4.54. The molecule has 0 unspecified atom stereocenters. The number of urea groups is 1. The minimum atomic E-state index is -0.114. The lowest BCUT2D eigenvalue weighted by Crippen LogP contribution is -2.50. The largest absolute Gasteiger partial charge is 0.497 e. The Bertz CT molecular complexity index is 741. The fourth-order valence-electron chi connectivity index (χ4n) is 2.79. The van der Waals surface area contributed by atoms with Gasteiger partial charge in [-0.3, -0.25) is 0 Å². The number of piperazine rings is 1. The predicted molar refractivity (Wildman–Crippen MR) is 102 cm³/mol. The van der Waals surface area contributed by atoms with E-state index in [4.69, 9.17) is 27.9 Å². The van der Waals surface area contributed by atoms with E-state index in [1.807, 2.05) is 30.3 Å². The van der Waals surface area contributed by atoms with Gasteiger partial charge in [0.2, 0.25) is 0 Å². The van der Waals surface area contributed by atoms with Gasteiger partial charge in [-0.2, -0.15) is 0 Å². The molecule has 1 aliphatic rings. The molecule has 1 fully saturated rings. The molecule has 5 nitrogen and oxygen atoms in total. The highest BCUT2D eigenvalue weighted by Crippen LogP contribution is 2.26. The molecule has 0 bridgehead atoms. The number of methoxy groups -OCH3 is 1. The number of benzene rings is 2. The zero-order valence-electron chi connectivity index (χ0n) is 13.8. The number of amides is 2. The van der Waals surface area contributed by atoms with E-state index in [0.717, 1.165) is 18.8 Å². The summed E-state index contributed by atoms with van der Waals surface area (Å²) in [6.45, 7) is 2.70. The molecule has 0 radical (unpaired) electrons. The highest BCUT2D eigenvalue weighted by atomic mass is 35.5. The SMILES string of the molecule is COc1cccc(NC(=O)N2CCN(c3cc(Cl)cc(Cl)c3)CC2)c1. The molecule has 1 aliphatic heterocycles. The van der Waals surface area contributed by atoms with E-state index in [2.05, 4.69) is 10.2 Å². The van der Waals surface area contributed by atoms with E-state index < -0.39 is 0 Å². The lowest BCUT2D eigenvalue weighted by molar-refractivity contribution is 0.208. The van der Waals surface area contributed by atoms with Crippen LogP contribution in [0.1, 0.15) is 0 Å². The van der Waals surface area contributed by atoms with Crippen LogP contribution in [-0.2, 0) is 0 Å². The number of carbonyl (C=O) groups is 1. The zero-order valence-corrected chi connectivity index (χ0v) is 15.3. The molecule has 0 atom stereocenters. The van der Waals surface area contributed by atoms with Crippen molar-refractivity contribution < 1.29 is 9.53 Å². The Morgan fingerprint density at radius 1 is 1.04 bits per heavy atom. The summed E-state index contributed by atoms with van der Waals surface area (Å²) in [6, 6.07) is 12.7. The van der Waals surface area contributed by atoms with Gasteiger partial charge < -0.3 is 19.9 Å². The maximum Gasteiger partial charge on any atom is 0.321 e. The average Bonchev–Trinajstić information content (AvgIpc) is 2.61. The van der Waals surface area contributed by atoms with E-state index in [1.165, 1.54) is 0 Å². The first kappa shape index (κ1) is 17.7. The summed E-state index contributed by atoms with van der Waals surface area (Å²) in [5.74, 6) is 0.709. The maximum atomic E-state index is 12.4. The van der Waals surface area contributed by atoms with Crippen molar-refractivity contribution in [2.45, 2.75) is 0 Å². The van der Waals surface area contributed by atoms with Crippen molar-refractivity contribution in [1.82, 2.24) is 4.90 Å². The Morgan fingerprint density at radius 3 is 2.36 bits per heavy atom. The first-order chi connectivity index (χ1) is 12.0. The van der Waals surface area contributed by atoms with Crippen molar-refractivity contribution in [3.05, 3.63) is 52.5 Å². The van der Waals surface area contributed by atoms with Crippen LogP contribution >= 0.6 is 23.2 Å². The number of rotatable bonds is 3. The van der Waals surface area contributed by atoms with Gasteiger partial charge in [0, 0.05) is 53.7 Å². The van der Waals surface area contributed by atoms with Gasteiger partial charge in [0.05, 0.1) is 7.11 Å². The Labute approximate surface area is 157 Å². The predicted octanol–water partition coefficient (Wildman–Crippen LogP) is 4.36. The number of carbonyl (C=O) groups excluding carboxylic acids is 1. The van der Waals surface area contributed by atoms with Gasteiger partial charge in [0.25, 0.3) is 0 Å². The third-order valence-electron chi connectivity index (χ3n) is 4.10. The third kappa shape index (κ3) is 4.50. The van der Waals surface area contributed by atoms with Gasteiger partial charge in [-0.15, -0.1) is 0 Å². The summed E-state index contributed by atoms with van der Waals surface area (Å²) in [7, 11) is 1.60. The van der Waals surface area contributed by atoms with Crippen LogP contribution in [-0.4, -0.2) is 44.2 Å². The number of halogens is 2. The molecule has 3 rings (SSSR count). The number of hydrogen-bond donors (Lipinski definition) is 1. The molecule has 132 valence electrons. The lowest BCUT2D eigenvalue weighted by atomic mass is 10.2. The van der Waals surface area contributed by atoms with Gasteiger partial charge in [-0.25, -0.2) is 4.79 Å². The highest BCUT2D eigenvalue weighted by Gasteiger charge is 2.21. The standard InChI is InChI=1S/C18H19Cl2N3O2/c1-25-17-4-2-3-15(12-17)21-18(24)23-7-5-22(6-8-23)16-10-13(19)9-14(20)11-16/h2-4,9-12H,5-8H2,1H3,(H,21,24). The second kappa shape index (κ2) is 7.85. The monoisotopic (exact) mass is 379 g/mol. The molecule has 0 aliphatic carbocycles. The molecule has 2 aromatic carbocycles. The fraction of sp³-hybridized carbons (Fsp3) is 0.278. The van der Waals surface area contributed by atoms with E-state index in [1.54, 1.807) is 24.1 Å². The summed E-state index contributed by atoms with van der Waals surface area (Å²) in [6.07, 6.45) is 0. The number of nitrogens with one attached hydrogen (secondary N) is 1. The van der Waals surface area contributed by atoms with Gasteiger partial charge in [-0.05, 0) is 30.3 Å². The molecular weight excluding hydrogens is 361 g/mol. The van der Waals surface area contributed by atoms with Gasteiger partial charge in [-0.1, -0.05) is 29.3 Å². The summed E-state index contributed by atoms with van der Waals surface area (Å²) in [5, 5.41) is 4.13. The Morgan fingerprint density at radius 2 is 1.72 bits per heavy atom. The van der Waals surface area contributed by atoms with Crippen molar-refractivity contribution in [3.63, 3.8) is 0 Å². The van der Waals surface area contributed by atoms with Crippen LogP contribution in [0.4, 0.5) is 16.2 Å². The highest BCUT2D eigenvalue weighted by molar-refractivity contribution is 6.35. The number of nitrogens with zero attached hydrogens (tertiary/aromatic N) is 2. The Kier molecular flexibility index (Phi) is 5.56. The fourth-order valence-corrected chi connectivity index (χ4v) is 3.31. The van der Waals surface area contributed by atoms with Gasteiger partial charge in [0.15, 0.2) is 0 Å². The second-order valence-corrected chi connectivity index (χ2v) is 6.64. The molecule has 1 saturated heterocycles. The zero-order chi connectivity index (χ0) is 17.8. The van der Waals surface area contributed by atoms with E-state index >= 15 is 0 Å². The number of anilines is 2. The van der Waals surface area contributed by atoms with E-state index in [9.17, 15) is 4.79 Å². The van der Waals surface area contributed by atoms with Crippen LogP contribution < -0.4 is 15.0 Å². The molecule has 0 spiro atoms. The van der Waals surface area contributed by atoms with Crippen LogP contribution in [0.5, 0.6) is 5.75 Å². The summed E-state index contributed by atoms with van der Waals surface area (Å²) < 4.78 is 5.17. The van der Waals surface area contributed by atoms with Gasteiger partial charge in [0.1, 0.15) is 5.75 Å². The molecule has 25 heavy (non-hydrogen) atoms. The van der Waals surface area contributed by atoms with Crippen LogP contribution in [0, 0.1) is 0 Å². The quantitative estimate of drug-likeness (QED) is 0.861. The van der Waals surface area contributed by atoms with E-state index in [0.29, 0.717) is 34.6 Å². The lowest BCUT2D eigenvalue weighted by Gasteiger charge is -2.36. The number of hydrogen-bond acceptors (Lipinski definition) is 3. The second-order valence-electron chi connectivity index (χ2n) is 5.76. The normalized spacial score (nSPS) is 14.4. The van der Waals surface area contributed by atoms with Crippen molar-refractivity contribution in [2.24, 2.45) is 0 Å². The van der Waals surface area contributed by atoms with E-state index in [-0.39, 0.29) is 6.03 Å². The minimum Gasteiger partial charge on any atom is -0.497 e. The first-order valence-electron chi connectivity index (χ1n) is 7.96. The van der Waals surface area contributed by atoms with Crippen molar-refractivity contribution >= 4 is 40.6 Å². The van der Waals surface area contributed by atoms with Crippen LogP contribution in [0.2, 0.25) is 10.0 Å². The summed E-state index contributed by atoms with van der Waals surface area (Å²) in [5.41, 5.74) is 1.69. The minimum absolute atomic E-state index is 0.114. The molecule has 1 heterocycles. The van der Waals surface area contributed by atoms with Crippen LogP contribution in [0.3, 0.4) is 0 Å². The van der Waals surface area contributed by atoms with Crippen LogP contribution in [0.25, 0.3) is 0 Å². The first-order valence-corrected chi connectivity index (χ1v) is 8.72. The van der Waals surface area contributed by atoms with Crippen molar-refractivity contribution in [2.75, 3.05) is 43.5 Å².